The van der Waals surface area contributed by atoms with Gasteiger partial charge >= 0.3 is 0 Å². The first-order valence-electron chi connectivity index (χ1n) is 7.85. The van der Waals surface area contributed by atoms with E-state index in [4.69, 9.17) is 0 Å². The normalized spacial score (nSPS) is 28.1. The third-order valence-corrected chi connectivity index (χ3v) is 5.39. The molecule has 1 heterocycles. The molecule has 1 saturated heterocycles. The molecule has 3 aliphatic rings. The van der Waals surface area contributed by atoms with E-state index in [0.717, 1.165) is 32.1 Å². The Balaban J connectivity index is 1.94. The van der Waals surface area contributed by atoms with Crippen LogP contribution in [0.15, 0.2) is 0 Å². The van der Waals surface area contributed by atoms with Gasteiger partial charge in [-0.3, -0.25) is 9.59 Å². The van der Waals surface area contributed by atoms with E-state index >= 15 is 0 Å². The standard InChI is InChI=1S/C15H23FN2O2/c16-10-11-18-13(20)14(6-2-1-3-7-14)17-12(19)15(18)8-4-5-9-15/h1-11H2,(H,17,19). The molecular formula is C15H23FN2O2. The van der Waals surface area contributed by atoms with Crippen molar-refractivity contribution in [2.24, 2.45) is 0 Å². The number of carbonyl (C=O) groups is 2. The van der Waals surface area contributed by atoms with Gasteiger partial charge in [0.1, 0.15) is 17.8 Å². The summed E-state index contributed by atoms with van der Waals surface area (Å²) in [5.41, 5.74) is -1.50. The molecule has 20 heavy (non-hydrogen) atoms. The molecule has 5 heteroatoms. The summed E-state index contributed by atoms with van der Waals surface area (Å²) in [6, 6.07) is 0. The Kier molecular flexibility index (Phi) is 3.46. The molecule has 0 unspecified atom stereocenters. The first kappa shape index (κ1) is 13.8. The number of amides is 2. The number of halogens is 1. The number of hydrogen-bond acceptors (Lipinski definition) is 2. The Morgan fingerprint density at radius 2 is 1.60 bits per heavy atom. The first-order valence-corrected chi connectivity index (χ1v) is 7.85. The average Bonchev–Trinajstić information content (AvgIpc) is 2.94. The SMILES string of the molecule is O=C1N(CCF)C2(CCCC2)C(=O)NC12CCCCC2. The van der Waals surface area contributed by atoms with Crippen molar-refractivity contribution in [2.45, 2.75) is 68.9 Å². The lowest BCUT2D eigenvalue weighted by molar-refractivity contribution is -0.165. The van der Waals surface area contributed by atoms with Gasteiger partial charge < -0.3 is 10.2 Å². The maximum absolute atomic E-state index is 12.9. The minimum Gasteiger partial charge on any atom is -0.340 e. The molecule has 2 saturated carbocycles. The zero-order chi connectivity index (χ0) is 14.2. The van der Waals surface area contributed by atoms with Gasteiger partial charge in [0.25, 0.3) is 0 Å². The molecule has 1 N–H and O–H groups in total. The summed E-state index contributed by atoms with van der Waals surface area (Å²) in [5, 5.41) is 3.05. The molecule has 2 spiro atoms. The number of piperazine rings is 1. The highest BCUT2D eigenvalue weighted by Crippen LogP contribution is 2.43. The predicted octanol–water partition coefficient (Wildman–Crippen LogP) is 1.93. The molecule has 0 aromatic heterocycles. The maximum Gasteiger partial charge on any atom is 0.249 e. The van der Waals surface area contributed by atoms with Crippen LogP contribution >= 0.6 is 0 Å². The molecule has 3 fully saturated rings. The molecule has 2 amide bonds. The highest BCUT2D eigenvalue weighted by molar-refractivity contribution is 6.02. The second-order valence-corrected chi connectivity index (χ2v) is 6.48. The Hall–Kier alpha value is -1.13. The van der Waals surface area contributed by atoms with E-state index in [1.165, 1.54) is 0 Å². The van der Waals surface area contributed by atoms with Gasteiger partial charge in [-0.1, -0.05) is 32.1 Å². The molecule has 4 nitrogen and oxygen atoms in total. The van der Waals surface area contributed by atoms with Crippen LogP contribution in [0.1, 0.15) is 57.8 Å². The Morgan fingerprint density at radius 3 is 2.20 bits per heavy atom. The van der Waals surface area contributed by atoms with Crippen molar-refractivity contribution in [3.8, 4) is 0 Å². The lowest BCUT2D eigenvalue weighted by atomic mass is 9.75. The molecule has 3 rings (SSSR count). The quantitative estimate of drug-likeness (QED) is 0.841. The van der Waals surface area contributed by atoms with Crippen LogP contribution in [-0.2, 0) is 9.59 Å². The maximum atomic E-state index is 12.9. The molecule has 0 radical (unpaired) electrons. The summed E-state index contributed by atoms with van der Waals surface area (Å²) in [7, 11) is 0. The second-order valence-electron chi connectivity index (χ2n) is 6.48. The third kappa shape index (κ3) is 1.85. The molecule has 0 aromatic carbocycles. The topological polar surface area (TPSA) is 49.4 Å². The third-order valence-electron chi connectivity index (χ3n) is 5.39. The van der Waals surface area contributed by atoms with Gasteiger partial charge in [0.05, 0.1) is 6.54 Å². The van der Waals surface area contributed by atoms with Crippen LogP contribution < -0.4 is 5.32 Å². The van der Waals surface area contributed by atoms with Crippen molar-refractivity contribution in [1.82, 2.24) is 10.2 Å². The molecule has 1 aliphatic heterocycles. The van der Waals surface area contributed by atoms with Crippen molar-refractivity contribution in [3.05, 3.63) is 0 Å². The largest absolute Gasteiger partial charge is 0.340 e. The van der Waals surface area contributed by atoms with E-state index in [-0.39, 0.29) is 18.4 Å². The van der Waals surface area contributed by atoms with E-state index < -0.39 is 17.8 Å². The van der Waals surface area contributed by atoms with Gasteiger partial charge in [0.15, 0.2) is 0 Å². The fraction of sp³-hybridized carbons (Fsp3) is 0.867. The molecular weight excluding hydrogens is 259 g/mol. The van der Waals surface area contributed by atoms with Crippen LogP contribution in [0.3, 0.4) is 0 Å². The number of nitrogens with one attached hydrogen (secondary N) is 1. The van der Waals surface area contributed by atoms with E-state index in [2.05, 4.69) is 5.32 Å². The monoisotopic (exact) mass is 282 g/mol. The van der Waals surface area contributed by atoms with E-state index in [0.29, 0.717) is 25.7 Å². The van der Waals surface area contributed by atoms with E-state index in [9.17, 15) is 14.0 Å². The Bertz CT molecular complexity index is 412. The first-order chi connectivity index (χ1) is 9.65. The predicted molar refractivity (Wildman–Crippen MR) is 72.8 cm³/mol. The minimum atomic E-state index is -0.758. The number of rotatable bonds is 2. The van der Waals surface area contributed by atoms with E-state index in [1.807, 2.05) is 0 Å². The van der Waals surface area contributed by atoms with Crippen LogP contribution in [-0.4, -0.2) is 41.0 Å². The van der Waals surface area contributed by atoms with Crippen LogP contribution in [0.4, 0.5) is 4.39 Å². The highest BCUT2D eigenvalue weighted by Gasteiger charge is 2.58. The van der Waals surface area contributed by atoms with Crippen molar-refractivity contribution >= 4 is 11.8 Å². The molecule has 0 atom stereocenters. The summed E-state index contributed by atoms with van der Waals surface area (Å²) in [4.78, 5) is 27.2. The van der Waals surface area contributed by atoms with Crippen LogP contribution in [0.25, 0.3) is 0 Å². The lowest BCUT2D eigenvalue weighted by Gasteiger charge is -2.52. The Labute approximate surface area is 119 Å². The van der Waals surface area contributed by atoms with Gasteiger partial charge in [-0.05, 0) is 25.7 Å². The van der Waals surface area contributed by atoms with Crippen LogP contribution in [0, 0.1) is 0 Å². The highest BCUT2D eigenvalue weighted by atomic mass is 19.1. The van der Waals surface area contributed by atoms with Crippen LogP contribution in [0.5, 0.6) is 0 Å². The molecule has 0 bridgehead atoms. The summed E-state index contributed by atoms with van der Waals surface area (Å²) < 4.78 is 12.9. The number of carbonyl (C=O) groups excluding carboxylic acids is 2. The van der Waals surface area contributed by atoms with Crippen molar-refractivity contribution in [1.29, 1.82) is 0 Å². The summed E-state index contributed by atoms with van der Waals surface area (Å²) >= 11 is 0. The van der Waals surface area contributed by atoms with Crippen molar-refractivity contribution in [3.63, 3.8) is 0 Å². The number of hydrogen-bond donors (Lipinski definition) is 1. The number of nitrogens with zero attached hydrogens (tertiary/aromatic N) is 1. The molecule has 2 aliphatic carbocycles. The summed E-state index contributed by atoms with van der Waals surface area (Å²) in [5.74, 6) is -0.0682. The fourth-order valence-electron chi connectivity index (χ4n) is 4.31. The fourth-order valence-corrected chi connectivity index (χ4v) is 4.31. The van der Waals surface area contributed by atoms with Gasteiger partial charge in [-0.15, -0.1) is 0 Å². The van der Waals surface area contributed by atoms with E-state index in [1.54, 1.807) is 4.90 Å². The van der Waals surface area contributed by atoms with Crippen LogP contribution in [0.2, 0.25) is 0 Å². The average molecular weight is 282 g/mol. The molecule has 112 valence electrons. The Morgan fingerprint density at radius 1 is 1.00 bits per heavy atom. The summed E-state index contributed by atoms with van der Waals surface area (Å²) in [6.45, 7) is -0.509. The summed E-state index contributed by atoms with van der Waals surface area (Å²) in [6.07, 6.45) is 7.69. The van der Waals surface area contributed by atoms with Gasteiger partial charge in [0, 0.05) is 0 Å². The molecule has 0 aromatic rings. The smallest absolute Gasteiger partial charge is 0.249 e. The zero-order valence-electron chi connectivity index (χ0n) is 11.9. The minimum absolute atomic E-state index is 0.0312. The van der Waals surface area contributed by atoms with Gasteiger partial charge in [-0.25, -0.2) is 4.39 Å². The van der Waals surface area contributed by atoms with Crippen molar-refractivity contribution in [2.75, 3.05) is 13.2 Å². The second kappa shape index (κ2) is 5.01. The van der Waals surface area contributed by atoms with Gasteiger partial charge in [0.2, 0.25) is 11.8 Å². The van der Waals surface area contributed by atoms with Gasteiger partial charge in [-0.2, -0.15) is 0 Å². The lowest BCUT2D eigenvalue weighted by Crippen LogP contribution is -2.75. The van der Waals surface area contributed by atoms with Crippen molar-refractivity contribution < 1.29 is 14.0 Å². The number of alkyl halides is 1. The zero-order valence-corrected chi connectivity index (χ0v) is 11.9.